The van der Waals surface area contributed by atoms with Crippen molar-refractivity contribution in [3.05, 3.63) is 83.1 Å². The maximum atomic E-state index is 12.6. The van der Waals surface area contributed by atoms with Crippen LogP contribution in [0.15, 0.2) is 59.1 Å². The van der Waals surface area contributed by atoms with Crippen molar-refractivity contribution in [2.24, 2.45) is 0 Å². The van der Waals surface area contributed by atoms with Crippen LogP contribution in [0.4, 0.5) is 0 Å². The van der Waals surface area contributed by atoms with Gasteiger partial charge in [-0.3, -0.25) is 9.59 Å². The van der Waals surface area contributed by atoms with E-state index in [0.717, 1.165) is 16.5 Å². The molecular formula is C21H18N4O3. The highest BCUT2D eigenvalue weighted by atomic mass is 16.5. The lowest BCUT2D eigenvalue weighted by Gasteiger charge is -2.02. The van der Waals surface area contributed by atoms with Crippen LogP contribution >= 0.6 is 0 Å². The van der Waals surface area contributed by atoms with Crippen LogP contribution in [0.2, 0.25) is 0 Å². The summed E-state index contributed by atoms with van der Waals surface area (Å²) in [6.45, 7) is 1.77. The monoisotopic (exact) mass is 374 g/mol. The number of benzene rings is 2. The SMILES string of the molecule is Cc1[nH]c2ccccc2c1C(=O)C(=O)NCc1nc(Cc2ccccc2)no1. The van der Waals surface area contributed by atoms with E-state index in [2.05, 4.69) is 20.4 Å². The molecule has 7 heteroatoms. The smallest absolute Gasteiger partial charge is 0.292 e. The first-order valence-electron chi connectivity index (χ1n) is 8.87. The van der Waals surface area contributed by atoms with Crippen molar-refractivity contribution in [2.75, 3.05) is 0 Å². The first-order valence-corrected chi connectivity index (χ1v) is 8.87. The van der Waals surface area contributed by atoms with E-state index in [1.165, 1.54) is 0 Å². The Morgan fingerprint density at radius 3 is 2.64 bits per heavy atom. The number of aryl methyl sites for hydroxylation is 1. The molecule has 0 fully saturated rings. The fourth-order valence-electron chi connectivity index (χ4n) is 3.13. The molecule has 2 aromatic carbocycles. The van der Waals surface area contributed by atoms with Crippen LogP contribution in [0.25, 0.3) is 10.9 Å². The molecule has 1 amide bonds. The summed E-state index contributed by atoms with van der Waals surface area (Å²) in [4.78, 5) is 32.3. The number of H-pyrrole nitrogens is 1. The van der Waals surface area contributed by atoms with Crippen molar-refractivity contribution in [3.63, 3.8) is 0 Å². The Labute approximate surface area is 160 Å². The standard InChI is InChI=1S/C21H18N4O3/c1-13-19(15-9-5-6-10-16(15)23-13)20(26)21(27)22-12-18-24-17(25-28-18)11-14-7-3-2-4-8-14/h2-10,23H,11-12H2,1H3,(H,22,27). The fourth-order valence-corrected chi connectivity index (χ4v) is 3.13. The number of amides is 1. The second kappa shape index (κ2) is 7.48. The van der Waals surface area contributed by atoms with E-state index in [4.69, 9.17) is 4.52 Å². The van der Waals surface area contributed by atoms with Gasteiger partial charge in [0.25, 0.3) is 11.7 Å². The zero-order chi connectivity index (χ0) is 19.5. The fraction of sp³-hybridized carbons (Fsp3) is 0.143. The molecule has 0 aliphatic carbocycles. The number of nitrogens with zero attached hydrogens (tertiary/aromatic N) is 2. The molecule has 2 N–H and O–H groups in total. The Morgan fingerprint density at radius 1 is 1.07 bits per heavy atom. The molecule has 0 radical (unpaired) electrons. The molecule has 2 aromatic heterocycles. The number of aromatic nitrogens is 3. The van der Waals surface area contributed by atoms with Gasteiger partial charge in [0.15, 0.2) is 5.82 Å². The first-order chi connectivity index (χ1) is 13.6. The molecule has 0 saturated heterocycles. The van der Waals surface area contributed by atoms with Crippen LogP contribution in [0.1, 0.15) is 33.3 Å². The summed E-state index contributed by atoms with van der Waals surface area (Å²) >= 11 is 0. The van der Waals surface area contributed by atoms with Crippen LogP contribution in [0.3, 0.4) is 0 Å². The van der Waals surface area contributed by atoms with Gasteiger partial charge in [0.2, 0.25) is 5.89 Å². The predicted molar refractivity (Wildman–Crippen MR) is 103 cm³/mol. The summed E-state index contributed by atoms with van der Waals surface area (Å²) in [5.74, 6) is -0.536. The van der Waals surface area contributed by atoms with Crippen molar-refractivity contribution >= 4 is 22.6 Å². The lowest BCUT2D eigenvalue weighted by Crippen LogP contribution is -2.31. The second-order valence-electron chi connectivity index (χ2n) is 6.45. The number of fused-ring (bicyclic) bond motifs is 1. The number of aromatic amines is 1. The molecule has 2 heterocycles. The Kier molecular flexibility index (Phi) is 4.72. The Hall–Kier alpha value is -3.74. The average Bonchev–Trinajstić information content (AvgIpc) is 3.29. The van der Waals surface area contributed by atoms with Crippen molar-refractivity contribution in [1.29, 1.82) is 0 Å². The lowest BCUT2D eigenvalue weighted by molar-refractivity contribution is -0.117. The quantitative estimate of drug-likeness (QED) is 0.399. The number of nitrogens with one attached hydrogen (secondary N) is 2. The molecule has 0 saturated carbocycles. The van der Waals surface area contributed by atoms with E-state index >= 15 is 0 Å². The van der Waals surface area contributed by atoms with Gasteiger partial charge >= 0.3 is 0 Å². The van der Waals surface area contributed by atoms with Crippen molar-refractivity contribution in [3.8, 4) is 0 Å². The summed E-state index contributed by atoms with van der Waals surface area (Å²) in [6, 6.07) is 17.1. The zero-order valence-corrected chi connectivity index (χ0v) is 15.2. The van der Waals surface area contributed by atoms with E-state index in [9.17, 15) is 9.59 Å². The Bertz CT molecular complexity index is 1140. The van der Waals surface area contributed by atoms with Crippen LogP contribution < -0.4 is 5.32 Å². The van der Waals surface area contributed by atoms with Crippen molar-refractivity contribution < 1.29 is 14.1 Å². The van der Waals surface area contributed by atoms with E-state index in [0.29, 0.717) is 23.5 Å². The summed E-state index contributed by atoms with van der Waals surface area (Å²) < 4.78 is 5.16. The molecule has 0 unspecified atom stereocenters. The van der Waals surface area contributed by atoms with Gasteiger partial charge in [-0.1, -0.05) is 53.7 Å². The van der Waals surface area contributed by atoms with Gasteiger partial charge in [-0.2, -0.15) is 4.98 Å². The number of carbonyl (C=O) groups is 2. The molecule has 28 heavy (non-hydrogen) atoms. The van der Waals surface area contributed by atoms with E-state index in [1.54, 1.807) is 6.92 Å². The van der Waals surface area contributed by atoms with Crippen LogP contribution in [0, 0.1) is 6.92 Å². The molecule has 140 valence electrons. The number of ketones is 1. The molecule has 4 rings (SSSR count). The van der Waals surface area contributed by atoms with Gasteiger partial charge in [0.05, 0.1) is 12.1 Å². The maximum absolute atomic E-state index is 12.6. The molecule has 0 aliphatic heterocycles. The minimum absolute atomic E-state index is 0.00618. The van der Waals surface area contributed by atoms with Gasteiger partial charge in [0.1, 0.15) is 0 Å². The van der Waals surface area contributed by atoms with Gasteiger partial charge in [-0.25, -0.2) is 0 Å². The molecular weight excluding hydrogens is 356 g/mol. The van der Waals surface area contributed by atoms with Crippen molar-refractivity contribution in [2.45, 2.75) is 19.9 Å². The van der Waals surface area contributed by atoms with Crippen LogP contribution in [-0.2, 0) is 17.8 Å². The summed E-state index contributed by atoms with van der Waals surface area (Å²) in [7, 11) is 0. The largest absolute Gasteiger partial charge is 0.358 e. The minimum atomic E-state index is -0.712. The maximum Gasteiger partial charge on any atom is 0.292 e. The predicted octanol–water partition coefficient (Wildman–Crippen LogP) is 2.95. The molecule has 0 aliphatic rings. The highest BCUT2D eigenvalue weighted by Gasteiger charge is 2.23. The number of Topliss-reactive ketones (excluding diaryl/α,β-unsaturated/α-hetero) is 1. The second-order valence-corrected chi connectivity index (χ2v) is 6.45. The van der Waals surface area contributed by atoms with Gasteiger partial charge in [0, 0.05) is 23.0 Å². The molecule has 0 bridgehead atoms. The van der Waals surface area contributed by atoms with Crippen LogP contribution in [0.5, 0.6) is 0 Å². The molecule has 0 atom stereocenters. The minimum Gasteiger partial charge on any atom is -0.358 e. The third-order valence-electron chi connectivity index (χ3n) is 4.44. The first kappa shape index (κ1) is 17.7. The third kappa shape index (κ3) is 3.55. The van der Waals surface area contributed by atoms with Crippen molar-refractivity contribution in [1.82, 2.24) is 20.4 Å². The van der Waals surface area contributed by atoms with Gasteiger partial charge in [-0.15, -0.1) is 0 Å². The number of hydrogen-bond acceptors (Lipinski definition) is 5. The topological polar surface area (TPSA) is 101 Å². The van der Waals surface area contributed by atoms with Gasteiger partial charge < -0.3 is 14.8 Å². The molecule has 7 nitrogen and oxygen atoms in total. The lowest BCUT2D eigenvalue weighted by atomic mass is 10.1. The number of hydrogen-bond donors (Lipinski definition) is 2. The van der Waals surface area contributed by atoms with E-state index in [1.807, 2.05) is 54.6 Å². The highest BCUT2D eigenvalue weighted by Crippen LogP contribution is 2.22. The summed E-state index contributed by atoms with van der Waals surface area (Å²) in [6.07, 6.45) is 0.533. The van der Waals surface area contributed by atoms with E-state index < -0.39 is 11.7 Å². The third-order valence-corrected chi connectivity index (χ3v) is 4.44. The number of para-hydroxylation sites is 1. The van der Waals surface area contributed by atoms with Gasteiger partial charge in [-0.05, 0) is 18.6 Å². The molecule has 4 aromatic rings. The molecule has 0 spiro atoms. The van der Waals surface area contributed by atoms with Crippen LogP contribution in [-0.4, -0.2) is 26.8 Å². The average molecular weight is 374 g/mol. The zero-order valence-electron chi connectivity index (χ0n) is 15.2. The number of rotatable bonds is 6. The Morgan fingerprint density at radius 2 is 1.82 bits per heavy atom. The number of carbonyl (C=O) groups excluding carboxylic acids is 2. The summed E-state index contributed by atoms with van der Waals surface area (Å²) in [5.41, 5.74) is 2.91. The Balaban J connectivity index is 1.42. The normalized spacial score (nSPS) is 10.9. The van der Waals surface area contributed by atoms with E-state index in [-0.39, 0.29) is 12.4 Å². The highest BCUT2D eigenvalue weighted by molar-refractivity contribution is 6.45. The summed E-state index contributed by atoms with van der Waals surface area (Å²) in [5, 5.41) is 7.19.